The fourth-order valence-corrected chi connectivity index (χ4v) is 4.97. The molecule has 1 aliphatic heterocycles. The van der Waals surface area contributed by atoms with Gasteiger partial charge in [0.2, 0.25) is 0 Å². The molecular formula is C27H28FIN4O4S. The molecule has 1 N–H and O–H groups in total. The number of ether oxygens (including phenoxy) is 2. The first-order valence-electron chi connectivity index (χ1n) is 12.0. The number of amides is 2. The summed E-state index contributed by atoms with van der Waals surface area (Å²) in [5.41, 5.74) is 0.502. The van der Waals surface area contributed by atoms with Crippen LogP contribution in [0.3, 0.4) is 0 Å². The van der Waals surface area contributed by atoms with Crippen LogP contribution < -0.4 is 19.9 Å². The Kier molecular flexibility index (Phi) is 7.35. The minimum absolute atomic E-state index is 0.0261. The molecule has 2 amide bonds. The number of carbonyl (C=O) groups excluding carboxylic acids is 2. The molecule has 0 bridgehead atoms. The van der Waals surface area contributed by atoms with E-state index in [4.69, 9.17) is 21.7 Å². The topological polar surface area (TPSA) is 94.9 Å². The van der Waals surface area contributed by atoms with Crippen molar-refractivity contribution >= 4 is 63.3 Å². The summed E-state index contributed by atoms with van der Waals surface area (Å²) in [4.78, 5) is 28.6. The number of anilines is 2. The molecule has 2 aliphatic rings. The first-order chi connectivity index (χ1) is 17.7. The lowest BCUT2D eigenvalue weighted by atomic mass is 10.0. The van der Waals surface area contributed by atoms with E-state index in [1.54, 1.807) is 63.8 Å². The number of hydrogen-bond acceptors (Lipinski definition) is 6. The van der Waals surface area contributed by atoms with Crippen molar-refractivity contribution in [3.63, 3.8) is 0 Å². The highest BCUT2D eigenvalue weighted by Gasteiger charge is 2.50. The van der Waals surface area contributed by atoms with Gasteiger partial charge in [0.05, 0.1) is 22.9 Å². The molecule has 200 valence electrons. The number of nitrogens with zero attached hydrogens (tertiary/aromatic N) is 3. The van der Waals surface area contributed by atoms with Crippen molar-refractivity contribution in [3.8, 4) is 11.8 Å². The molecule has 2 aromatic rings. The maximum Gasteiger partial charge on any atom is 0.409 e. The van der Waals surface area contributed by atoms with Gasteiger partial charge in [-0.05, 0) is 118 Å². The maximum atomic E-state index is 15.2. The van der Waals surface area contributed by atoms with E-state index in [1.165, 1.54) is 17.0 Å². The van der Waals surface area contributed by atoms with Crippen molar-refractivity contribution in [1.82, 2.24) is 5.32 Å². The standard InChI is InChI=1S/C27H28FIN4O4S/c1-16-12-18(7-6-17(16)14-30)32-22(34)25(2,3)33(24(32)38)19-8-9-21(20(28)13-19)36-15-27(10-11-27)31-23(35)37-26(4,5)29/h6-9,12-13H,10-11,15H2,1-5H3,(H,31,35). The summed E-state index contributed by atoms with van der Waals surface area (Å²) in [5.74, 6) is -0.859. The van der Waals surface area contributed by atoms with Crippen LogP contribution in [0.2, 0.25) is 0 Å². The van der Waals surface area contributed by atoms with Crippen LogP contribution in [0.4, 0.5) is 20.6 Å². The second-order valence-corrected chi connectivity index (χ2v) is 13.5. The predicted octanol–water partition coefficient (Wildman–Crippen LogP) is 5.73. The van der Waals surface area contributed by atoms with Gasteiger partial charge in [0, 0.05) is 11.8 Å². The average molecular weight is 651 g/mol. The Hall–Kier alpha value is -2.98. The zero-order valence-electron chi connectivity index (χ0n) is 21.7. The molecule has 1 saturated heterocycles. The van der Waals surface area contributed by atoms with Gasteiger partial charge in [-0.2, -0.15) is 5.26 Å². The Labute approximate surface area is 240 Å². The normalized spacial score (nSPS) is 17.7. The molecule has 0 atom stereocenters. The number of aryl methyl sites for hydroxylation is 1. The second kappa shape index (κ2) is 9.96. The highest BCUT2D eigenvalue weighted by molar-refractivity contribution is 14.1. The molecule has 4 rings (SSSR count). The lowest BCUT2D eigenvalue weighted by molar-refractivity contribution is -0.120. The van der Waals surface area contributed by atoms with Crippen LogP contribution in [0.5, 0.6) is 5.75 Å². The van der Waals surface area contributed by atoms with E-state index in [2.05, 4.69) is 11.4 Å². The minimum Gasteiger partial charge on any atom is -0.488 e. The number of benzene rings is 2. The van der Waals surface area contributed by atoms with Gasteiger partial charge in [0.15, 0.2) is 20.3 Å². The number of thiocarbonyl (C=S) groups is 1. The Bertz CT molecular complexity index is 1360. The van der Waals surface area contributed by atoms with Crippen LogP contribution in [0.15, 0.2) is 36.4 Å². The smallest absolute Gasteiger partial charge is 0.409 e. The molecule has 11 heteroatoms. The van der Waals surface area contributed by atoms with E-state index in [-0.39, 0.29) is 23.4 Å². The summed E-state index contributed by atoms with van der Waals surface area (Å²) in [6.07, 6.45) is 0.858. The summed E-state index contributed by atoms with van der Waals surface area (Å²) in [7, 11) is 0. The average Bonchev–Trinajstić information content (AvgIpc) is 3.52. The molecule has 8 nitrogen and oxygen atoms in total. The van der Waals surface area contributed by atoms with Crippen molar-refractivity contribution in [1.29, 1.82) is 5.26 Å². The summed E-state index contributed by atoms with van der Waals surface area (Å²) < 4.78 is 25.6. The third-order valence-corrected chi connectivity index (χ3v) is 7.08. The largest absolute Gasteiger partial charge is 0.488 e. The molecule has 1 saturated carbocycles. The molecule has 0 spiro atoms. The summed E-state index contributed by atoms with van der Waals surface area (Å²) in [6.45, 7) is 8.87. The molecule has 0 unspecified atom stereocenters. The molecular weight excluding hydrogens is 622 g/mol. The second-order valence-electron chi connectivity index (χ2n) is 10.5. The first-order valence-corrected chi connectivity index (χ1v) is 13.5. The van der Waals surface area contributed by atoms with Gasteiger partial charge in [-0.3, -0.25) is 9.69 Å². The zero-order chi connectivity index (χ0) is 28.0. The number of alkyl halides is 1. The number of nitriles is 1. The summed E-state index contributed by atoms with van der Waals surface area (Å²) >= 11 is 7.70. The van der Waals surface area contributed by atoms with E-state index < -0.39 is 26.6 Å². The summed E-state index contributed by atoms with van der Waals surface area (Å²) in [5, 5.41) is 12.3. The highest BCUT2D eigenvalue weighted by Crippen LogP contribution is 2.39. The lowest BCUT2D eigenvalue weighted by Crippen LogP contribution is -2.44. The van der Waals surface area contributed by atoms with Gasteiger partial charge < -0.3 is 19.7 Å². The molecule has 2 aromatic carbocycles. The number of hydrogen-bond donors (Lipinski definition) is 1. The molecule has 1 aliphatic carbocycles. The Morgan fingerprint density at radius 1 is 1.24 bits per heavy atom. The molecule has 0 aromatic heterocycles. The Morgan fingerprint density at radius 3 is 2.45 bits per heavy atom. The fourth-order valence-electron chi connectivity index (χ4n) is 4.25. The number of rotatable bonds is 7. The third-order valence-electron chi connectivity index (χ3n) is 6.49. The van der Waals surface area contributed by atoms with Crippen LogP contribution >= 0.6 is 34.8 Å². The quantitative estimate of drug-likeness (QED) is 0.233. The van der Waals surface area contributed by atoms with Crippen LogP contribution in [-0.4, -0.2) is 38.4 Å². The highest BCUT2D eigenvalue weighted by atomic mass is 127. The number of alkyl carbamates (subject to hydrolysis) is 1. The van der Waals surface area contributed by atoms with Crippen LogP contribution in [0.1, 0.15) is 51.7 Å². The van der Waals surface area contributed by atoms with Crippen molar-refractivity contribution in [3.05, 3.63) is 53.3 Å². The SMILES string of the molecule is Cc1cc(N2C(=O)C(C)(C)N(c3ccc(OCC4(NC(=O)OC(C)(C)I)CC4)c(F)c3)C2=S)ccc1C#N. The molecule has 38 heavy (non-hydrogen) atoms. The monoisotopic (exact) mass is 650 g/mol. The predicted molar refractivity (Wildman–Crippen MR) is 154 cm³/mol. The fraction of sp³-hybridized carbons (Fsp3) is 0.407. The van der Waals surface area contributed by atoms with E-state index in [9.17, 15) is 14.9 Å². The molecule has 2 fully saturated rings. The van der Waals surface area contributed by atoms with Crippen molar-refractivity contribution < 1.29 is 23.5 Å². The lowest BCUT2D eigenvalue weighted by Gasteiger charge is -2.29. The van der Waals surface area contributed by atoms with Gasteiger partial charge in [0.1, 0.15) is 12.1 Å². The van der Waals surface area contributed by atoms with Gasteiger partial charge >= 0.3 is 6.09 Å². The molecule has 0 radical (unpaired) electrons. The van der Waals surface area contributed by atoms with Gasteiger partial charge in [-0.25, -0.2) is 9.18 Å². The Balaban J connectivity index is 1.51. The van der Waals surface area contributed by atoms with Gasteiger partial charge in [-0.1, -0.05) is 0 Å². The van der Waals surface area contributed by atoms with Crippen molar-refractivity contribution in [2.75, 3.05) is 16.4 Å². The van der Waals surface area contributed by atoms with E-state index in [1.807, 2.05) is 22.6 Å². The Morgan fingerprint density at radius 2 is 1.89 bits per heavy atom. The third kappa shape index (κ3) is 5.56. The van der Waals surface area contributed by atoms with Crippen LogP contribution in [0.25, 0.3) is 0 Å². The first kappa shape index (κ1) is 28.0. The van der Waals surface area contributed by atoms with E-state index in [0.717, 1.165) is 5.56 Å². The van der Waals surface area contributed by atoms with Crippen molar-refractivity contribution in [2.24, 2.45) is 0 Å². The van der Waals surface area contributed by atoms with Crippen LogP contribution in [0, 0.1) is 24.1 Å². The number of carbonyl (C=O) groups is 2. The maximum absolute atomic E-state index is 15.2. The van der Waals surface area contributed by atoms with Crippen LogP contribution in [-0.2, 0) is 9.53 Å². The number of nitrogens with one attached hydrogen (secondary N) is 1. The van der Waals surface area contributed by atoms with E-state index >= 15 is 4.39 Å². The zero-order valence-corrected chi connectivity index (χ0v) is 24.7. The van der Waals surface area contributed by atoms with Gasteiger partial charge in [0.25, 0.3) is 5.91 Å². The van der Waals surface area contributed by atoms with E-state index in [0.29, 0.717) is 29.8 Å². The van der Waals surface area contributed by atoms with Gasteiger partial charge in [-0.15, -0.1) is 0 Å². The number of halogens is 2. The molecule has 1 heterocycles. The summed E-state index contributed by atoms with van der Waals surface area (Å²) in [6, 6.07) is 11.6. The minimum atomic E-state index is -1.08. The van der Waals surface area contributed by atoms with Crippen molar-refractivity contribution in [2.45, 2.75) is 62.1 Å².